The Morgan fingerprint density at radius 2 is 2.00 bits per heavy atom. The second kappa shape index (κ2) is 6.96. The van der Waals surface area contributed by atoms with Gasteiger partial charge in [0.1, 0.15) is 0 Å². The van der Waals surface area contributed by atoms with Crippen molar-refractivity contribution in [1.82, 2.24) is 4.90 Å². The summed E-state index contributed by atoms with van der Waals surface area (Å²) in [7, 11) is 0. The van der Waals surface area contributed by atoms with E-state index in [1.165, 1.54) is 0 Å². The predicted octanol–water partition coefficient (Wildman–Crippen LogP) is 4.35. The third-order valence-corrected chi connectivity index (χ3v) is 4.07. The molecule has 0 unspecified atom stereocenters. The summed E-state index contributed by atoms with van der Waals surface area (Å²) in [6.45, 7) is 2.98. The maximum atomic E-state index is 12.6. The molecule has 0 spiro atoms. The SMILES string of the molecule is CCN(Cc1ccccc1N)C(=O)c1cc(Br)ccc1Cl. The van der Waals surface area contributed by atoms with E-state index in [-0.39, 0.29) is 5.91 Å². The van der Waals surface area contributed by atoms with Gasteiger partial charge in [0.15, 0.2) is 0 Å². The van der Waals surface area contributed by atoms with Crippen LogP contribution in [0.25, 0.3) is 0 Å². The molecule has 0 saturated carbocycles. The van der Waals surface area contributed by atoms with Crippen LogP contribution in [0, 0.1) is 0 Å². The fourth-order valence-electron chi connectivity index (χ4n) is 2.04. The van der Waals surface area contributed by atoms with Gasteiger partial charge >= 0.3 is 0 Å². The summed E-state index contributed by atoms with van der Waals surface area (Å²) in [5.74, 6) is -0.105. The minimum atomic E-state index is -0.105. The lowest BCUT2D eigenvalue weighted by molar-refractivity contribution is 0.0753. The van der Waals surface area contributed by atoms with Crippen molar-refractivity contribution in [3.63, 3.8) is 0 Å². The van der Waals surface area contributed by atoms with Crippen LogP contribution < -0.4 is 5.73 Å². The second-order valence-corrected chi connectivity index (χ2v) is 5.97. The van der Waals surface area contributed by atoms with Crippen molar-refractivity contribution in [3.8, 4) is 0 Å². The van der Waals surface area contributed by atoms with Gasteiger partial charge in [-0.15, -0.1) is 0 Å². The first kappa shape index (κ1) is 15.9. The molecule has 2 aromatic rings. The smallest absolute Gasteiger partial charge is 0.255 e. The topological polar surface area (TPSA) is 46.3 Å². The van der Waals surface area contributed by atoms with Crippen molar-refractivity contribution in [2.24, 2.45) is 0 Å². The first-order valence-corrected chi connectivity index (χ1v) is 7.77. The first-order chi connectivity index (χ1) is 10.0. The summed E-state index contributed by atoms with van der Waals surface area (Å²) in [6.07, 6.45) is 0. The molecule has 21 heavy (non-hydrogen) atoms. The number of halogens is 2. The van der Waals surface area contributed by atoms with Crippen LogP contribution in [-0.2, 0) is 6.54 Å². The standard InChI is InChI=1S/C16H16BrClN2O/c1-2-20(10-11-5-3-4-6-15(11)19)16(21)13-9-12(17)7-8-14(13)18/h3-9H,2,10,19H2,1H3. The number of benzene rings is 2. The molecule has 3 nitrogen and oxygen atoms in total. The number of nitrogen functional groups attached to an aromatic ring is 1. The number of anilines is 1. The van der Waals surface area contributed by atoms with Gasteiger partial charge in [0.05, 0.1) is 10.6 Å². The Bertz CT molecular complexity index is 660. The molecule has 0 aliphatic rings. The fraction of sp³-hybridized carbons (Fsp3) is 0.188. The average Bonchev–Trinajstić information content (AvgIpc) is 2.48. The Kier molecular flexibility index (Phi) is 5.26. The van der Waals surface area contributed by atoms with E-state index >= 15 is 0 Å². The third-order valence-electron chi connectivity index (χ3n) is 3.24. The van der Waals surface area contributed by atoms with E-state index in [1.807, 2.05) is 37.3 Å². The van der Waals surface area contributed by atoms with Gasteiger partial charge in [-0.2, -0.15) is 0 Å². The quantitative estimate of drug-likeness (QED) is 0.817. The van der Waals surface area contributed by atoms with Gasteiger partial charge < -0.3 is 10.6 Å². The summed E-state index contributed by atoms with van der Waals surface area (Å²) >= 11 is 9.50. The number of nitrogens with zero attached hydrogens (tertiary/aromatic N) is 1. The minimum absolute atomic E-state index is 0.105. The predicted molar refractivity (Wildman–Crippen MR) is 90.4 cm³/mol. The highest BCUT2D eigenvalue weighted by Gasteiger charge is 2.18. The monoisotopic (exact) mass is 366 g/mol. The number of hydrogen-bond acceptors (Lipinski definition) is 2. The maximum absolute atomic E-state index is 12.6. The Labute approximate surface area is 137 Å². The number of para-hydroxylation sites is 1. The van der Waals surface area contributed by atoms with Crippen LogP contribution in [-0.4, -0.2) is 17.4 Å². The molecule has 0 aromatic heterocycles. The molecule has 2 rings (SSSR count). The molecule has 1 amide bonds. The highest BCUT2D eigenvalue weighted by molar-refractivity contribution is 9.10. The second-order valence-electron chi connectivity index (χ2n) is 4.64. The number of nitrogens with two attached hydrogens (primary N) is 1. The van der Waals surface area contributed by atoms with E-state index in [1.54, 1.807) is 17.0 Å². The lowest BCUT2D eigenvalue weighted by atomic mass is 10.1. The summed E-state index contributed by atoms with van der Waals surface area (Å²) < 4.78 is 0.825. The van der Waals surface area contributed by atoms with E-state index in [9.17, 15) is 4.79 Å². The zero-order valence-corrected chi connectivity index (χ0v) is 14.0. The number of hydrogen-bond donors (Lipinski definition) is 1. The van der Waals surface area contributed by atoms with E-state index in [0.29, 0.717) is 29.4 Å². The van der Waals surface area contributed by atoms with E-state index in [0.717, 1.165) is 10.0 Å². The van der Waals surface area contributed by atoms with Crippen molar-refractivity contribution >= 4 is 39.1 Å². The summed E-state index contributed by atoms with van der Waals surface area (Å²) in [5.41, 5.74) is 8.05. The summed E-state index contributed by atoms with van der Waals surface area (Å²) in [6, 6.07) is 12.8. The maximum Gasteiger partial charge on any atom is 0.255 e. The molecule has 0 saturated heterocycles. The van der Waals surface area contributed by atoms with Gasteiger partial charge in [-0.1, -0.05) is 45.7 Å². The Morgan fingerprint density at radius 1 is 1.29 bits per heavy atom. The number of carbonyl (C=O) groups excluding carboxylic acids is 1. The van der Waals surface area contributed by atoms with Crippen LogP contribution in [0.15, 0.2) is 46.9 Å². The largest absolute Gasteiger partial charge is 0.398 e. The minimum Gasteiger partial charge on any atom is -0.398 e. The molecular formula is C16H16BrClN2O. The molecular weight excluding hydrogens is 352 g/mol. The van der Waals surface area contributed by atoms with Gasteiger partial charge in [-0.05, 0) is 36.8 Å². The van der Waals surface area contributed by atoms with Gasteiger partial charge in [0.2, 0.25) is 0 Å². The highest BCUT2D eigenvalue weighted by Crippen LogP contribution is 2.23. The molecule has 0 radical (unpaired) electrons. The number of rotatable bonds is 4. The van der Waals surface area contributed by atoms with Crippen LogP contribution in [0.5, 0.6) is 0 Å². The zero-order valence-electron chi connectivity index (χ0n) is 11.6. The number of carbonyl (C=O) groups is 1. The Hall–Kier alpha value is -1.52. The molecule has 2 aromatic carbocycles. The fourth-order valence-corrected chi connectivity index (χ4v) is 2.60. The molecule has 0 aliphatic carbocycles. The van der Waals surface area contributed by atoms with Gasteiger partial charge in [0.25, 0.3) is 5.91 Å². The van der Waals surface area contributed by atoms with Crippen LogP contribution in [0.3, 0.4) is 0 Å². The molecule has 0 fully saturated rings. The first-order valence-electron chi connectivity index (χ1n) is 6.60. The summed E-state index contributed by atoms with van der Waals surface area (Å²) in [5, 5.41) is 0.447. The molecule has 2 N–H and O–H groups in total. The van der Waals surface area contributed by atoms with E-state index in [4.69, 9.17) is 17.3 Å². The lowest BCUT2D eigenvalue weighted by Crippen LogP contribution is -2.30. The van der Waals surface area contributed by atoms with Crippen LogP contribution in [0.2, 0.25) is 5.02 Å². The molecule has 0 aliphatic heterocycles. The van der Waals surface area contributed by atoms with Crippen molar-refractivity contribution in [3.05, 3.63) is 63.1 Å². The van der Waals surface area contributed by atoms with Crippen molar-refractivity contribution in [1.29, 1.82) is 0 Å². The highest BCUT2D eigenvalue weighted by atomic mass is 79.9. The van der Waals surface area contributed by atoms with Crippen molar-refractivity contribution < 1.29 is 4.79 Å². The molecule has 5 heteroatoms. The third kappa shape index (κ3) is 3.77. The van der Waals surface area contributed by atoms with Gasteiger partial charge in [-0.3, -0.25) is 4.79 Å². The summed E-state index contributed by atoms with van der Waals surface area (Å²) in [4.78, 5) is 14.4. The molecule has 0 atom stereocenters. The lowest BCUT2D eigenvalue weighted by Gasteiger charge is -2.22. The number of amides is 1. The van der Waals surface area contributed by atoms with Crippen LogP contribution >= 0.6 is 27.5 Å². The normalized spacial score (nSPS) is 10.4. The average molecular weight is 368 g/mol. The van der Waals surface area contributed by atoms with Crippen LogP contribution in [0.4, 0.5) is 5.69 Å². The van der Waals surface area contributed by atoms with Crippen molar-refractivity contribution in [2.45, 2.75) is 13.5 Å². The van der Waals surface area contributed by atoms with Gasteiger partial charge in [-0.25, -0.2) is 0 Å². The van der Waals surface area contributed by atoms with Crippen LogP contribution in [0.1, 0.15) is 22.8 Å². The Morgan fingerprint density at radius 3 is 2.67 bits per heavy atom. The van der Waals surface area contributed by atoms with E-state index in [2.05, 4.69) is 15.9 Å². The van der Waals surface area contributed by atoms with Crippen molar-refractivity contribution in [2.75, 3.05) is 12.3 Å². The van der Waals surface area contributed by atoms with E-state index < -0.39 is 0 Å². The molecule has 0 bridgehead atoms. The molecule has 110 valence electrons. The Balaban J connectivity index is 2.27. The zero-order chi connectivity index (χ0) is 15.4. The molecule has 0 heterocycles. The van der Waals surface area contributed by atoms with Gasteiger partial charge in [0, 0.05) is 23.2 Å².